The molecule has 2 aromatic rings. The molecular formula is C26H31FN4O4. The van der Waals surface area contributed by atoms with Crippen LogP contribution in [0.4, 0.5) is 9.18 Å². The maximum Gasteiger partial charge on any atom is 0.411 e. The van der Waals surface area contributed by atoms with Gasteiger partial charge < -0.3 is 20.3 Å². The summed E-state index contributed by atoms with van der Waals surface area (Å²) in [5.74, 6) is -0.614. The SMILES string of the molecule is NCCCCC1C(=O)N(Cc2ccccc2)C[C@@H]2N(C(=O)OCc3ccc(F)cc3)CCC(=O)N12. The highest BCUT2D eigenvalue weighted by atomic mass is 19.1. The van der Waals surface area contributed by atoms with Crippen LogP contribution in [0.25, 0.3) is 0 Å². The molecule has 2 saturated heterocycles. The number of amides is 3. The molecule has 2 heterocycles. The van der Waals surface area contributed by atoms with Crippen LogP contribution in [0.3, 0.4) is 0 Å². The molecule has 1 unspecified atom stereocenters. The molecule has 8 nitrogen and oxygen atoms in total. The zero-order valence-corrected chi connectivity index (χ0v) is 19.6. The van der Waals surface area contributed by atoms with Crippen LogP contribution in [0, 0.1) is 5.82 Å². The third-order valence-electron chi connectivity index (χ3n) is 6.51. The summed E-state index contributed by atoms with van der Waals surface area (Å²) in [6.45, 7) is 1.31. The van der Waals surface area contributed by atoms with Gasteiger partial charge in [0.25, 0.3) is 0 Å². The van der Waals surface area contributed by atoms with Crippen molar-refractivity contribution in [1.29, 1.82) is 0 Å². The fraction of sp³-hybridized carbons (Fsp3) is 0.423. The number of carbonyl (C=O) groups excluding carboxylic acids is 3. The molecule has 0 saturated carbocycles. The first-order valence-electron chi connectivity index (χ1n) is 12.0. The second-order valence-corrected chi connectivity index (χ2v) is 8.91. The predicted molar refractivity (Wildman–Crippen MR) is 127 cm³/mol. The first-order chi connectivity index (χ1) is 17.0. The van der Waals surface area contributed by atoms with Crippen molar-refractivity contribution < 1.29 is 23.5 Å². The molecule has 0 radical (unpaired) electrons. The van der Waals surface area contributed by atoms with Gasteiger partial charge in [0, 0.05) is 19.5 Å². The molecule has 2 aliphatic heterocycles. The van der Waals surface area contributed by atoms with Gasteiger partial charge in [-0.3, -0.25) is 14.5 Å². The van der Waals surface area contributed by atoms with Crippen molar-refractivity contribution in [2.75, 3.05) is 19.6 Å². The summed E-state index contributed by atoms with van der Waals surface area (Å²) in [7, 11) is 0. The molecule has 0 bridgehead atoms. The van der Waals surface area contributed by atoms with E-state index in [0.29, 0.717) is 31.5 Å². The molecule has 186 valence electrons. The third kappa shape index (κ3) is 5.79. The van der Waals surface area contributed by atoms with Crippen molar-refractivity contribution in [2.45, 2.75) is 51.0 Å². The smallest absolute Gasteiger partial charge is 0.411 e. The molecule has 2 atom stereocenters. The van der Waals surface area contributed by atoms with Crippen LogP contribution in [0.15, 0.2) is 54.6 Å². The summed E-state index contributed by atoms with van der Waals surface area (Å²) in [5, 5.41) is 0. The van der Waals surface area contributed by atoms with Gasteiger partial charge in [0.05, 0.1) is 6.54 Å². The lowest BCUT2D eigenvalue weighted by Gasteiger charge is -2.52. The Morgan fingerprint density at radius 1 is 1.03 bits per heavy atom. The maximum absolute atomic E-state index is 13.5. The molecule has 0 spiro atoms. The fourth-order valence-electron chi connectivity index (χ4n) is 4.71. The number of hydrogen-bond acceptors (Lipinski definition) is 5. The number of piperazine rings is 1. The monoisotopic (exact) mass is 482 g/mol. The minimum Gasteiger partial charge on any atom is -0.444 e. The van der Waals surface area contributed by atoms with Crippen LogP contribution in [0.5, 0.6) is 0 Å². The van der Waals surface area contributed by atoms with Gasteiger partial charge in [-0.05, 0) is 49.1 Å². The first-order valence-corrected chi connectivity index (χ1v) is 12.0. The third-order valence-corrected chi connectivity index (χ3v) is 6.51. The first kappa shape index (κ1) is 24.7. The van der Waals surface area contributed by atoms with Crippen LogP contribution in [0.1, 0.15) is 36.8 Å². The average Bonchev–Trinajstić information content (AvgIpc) is 2.86. The van der Waals surface area contributed by atoms with Gasteiger partial charge in [0.1, 0.15) is 24.6 Å². The van der Waals surface area contributed by atoms with E-state index in [-0.39, 0.29) is 43.7 Å². The van der Waals surface area contributed by atoms with Crippen molar-refractivity contribution in [3.8, 4) is 0 Å². The van der Waals surface area contributed by atoms with Crippen LogP contribution < -0.4 is 5.73 Å². The number of ether oxygens (including phenoxy) is 1. The summed E-state index contributed by atoms with van der Waals surface area (Å²) < 4.78 is 18.7. The molecule has 35 heavy (non-hydrogen) atoms. The summed E-state index contributed by atoms with van der Waals surface area (Å²) in [6.07, 6.45) is 0.896. The number of nitrogens with two attached hydrogens (primary N) is 1. The van der Waals surface area contributed by atoms with E-state index in [1.807, 2.05) is 30.3 Å². The van der Waals surface area contributed by atoms with Gasteiger partial charge in [-0.25, -0.2) is 9.18 Å². The highest BCUT2D eigenvalue weighted by Gasteiger charge is 2.48. The number of unbranched alkanes of at least 4 members (excludes halogenated alkanes) is 1. The number of carbonyl (C=O) groups is 3. The van der Waals surface area contributed by atoms with Crippen molar-refractivity contribution in [2.24, 2.45) is 5.73 Å². The van der Waals surface area contributed by atoms with Gasteiger partial charge in [-0.2, -0.15) is 0 Å². The summed E-state index contributed by atoms with van der Waals surface area (Å²) in [4.78, 5) is 44.4. The fourth-order valence-corrected chi connectivity index (χ4v) is 4.71. The number of fused-ring (bicyclic) bond motifs is 1. The van der Waals surface area contributed by atoms with Crippen LogP contribution in [0.2, 0.25) is 0 Å². The number of halogens is 1. The number of rotatable bonds is 8. The molecule has 4 rings (SSSR count). The van der Waals surface area contributed by atoms with Gasteiger partial charge in [-0.15, -0.1) is 0 Å². The molecule has 2 N–H and O–H groups in total. The number of hydrogen-bond donors (Lipinski definition) is 1. The highest BCUT2D eigenvalue weighted by Crippen LogP contribution is 2.29. The maximum atomic E-state index is 13.5. The Bertz CT molecular complexity index is 1030. The van der Waals surface area contributed by atoms with Crippen molar-refractivity contribution in [3.05, 3.63) is 71.5 Å². The quantitative estimate of drug-likeness (QED) is 0.584. The van der Waals surface area contributed by atoms with Crippen LogP contribution >= 0.6 is 0 Å². The van der Waals surface area contributed by atoms with Gasteiger partial charge in [-0.1, -0.05) is 42.5 Å². The van der Waals surface area contributed by atoms with Crippen molar-refractivity contribution in [1.82, 2.24) is 14.7 Å². The molecule has 3 amide bonds. The van der Waals surface area contributed by atoms with E-state index in [9.17, 15) is 18.8 Å². The average molecular weight is 483 g/mol. The Labute approximate surface area is 204 Å². The molecule has 9 heteroatoms. The molecule has 0 aliphatic carbocycles. The minimum atomic E-state index is -0.649. The minimum absolute atomic E-state index is 0.0110. The van der Waals surface area contributed by atoms with Crippen molar-refractivity contribution >= 4 is 17.9 Å². The van der Waals surface area contributed by atoms with E-state index >= 15 is 0 Å². The second-order valence-electron chi connectivity index (χ2n) is 8.91. The number of nitrogens with zero attached hydrogens (tertiary/aromatic N) is 3. The summed E-state index contributed by atoms with van der Waals surface area (Å²) in [5.41, 5.74) is 7.29. The molecule has 2 aromatic carbocycles. The largest absolute Gasteiger partial charge is 0.444 e. The zero-order chi connectivity index (χ0) is 24.8. The van der Waals surface area contributed by atoms with E-state index in [2.05, 4.69) is 0 Å². The van der Waals surface area contributed by atoms with Crippen LogP contribution in [-0.4, -0.2) is 64.4 Å². The Balaban J connectivity index is 1.54. The van der Waals surface area contributed by atoms with Gasteiger partial charge in [0.15, 0.2) is 0 Å². The Morgan fingerprint density at radius 2 is 1.77 bits per heavy atom. The van der Waals surface area contributed by atoms with E-state index in [1.165, 1.54) is 17.0 Å². The van der Waals surface area contributed by atoms with E-state index < -0.39 is 18.3 Å². The lowest BCUT2D eigenvalue weighted by molar-refractivity contribution is -0.169. The lowest BCUT2D eigenvalue weighted by Crippen LogP contribution is -2.71. The predicted octanol–water partition coefficient (Wildman–Crippen LogP) is 2.86. The Kier molecular flexibility index (Phi) is 7.97. The molecule has 2 fully saturated rings. The second kappa shape index (κ2) is 11.3. The van der Waals surface area contributed by atoms with Crippen LogP contribution in [-0.2, 0) is 27.5 Å². The standard InChI is InChI=1S/C26H31FN4O4/c27-21-11-9-20(10-12-21)18-35-26(34)30-15-13-24(32)31-22(8-4-5-14-28)25(33)29(17-23(30)31)16-19-6-2-1-3-7-19/h1-3,6-7,9-12,22-23H,4-5,8,13-18,28H2/t22?,23-/m1/s1. The normalized spacial score (nSPS) is 20.1. The van der Waals surface area contributed by atoms with Gasteiger partial charge >= 0.3 is 6.09 Å². The Hall–Kier alpha value is -3.46. The number of benzene rings is 2. The Morgan fingerprint density at radius 3 is 2.49 bits per heavy atom. The summed E-state index contributed by atoms with van der Waals surface area (Å²) in [6, 6.07) is 14.7. The van der Waals surface area contributed by atoms with E-state index in [1.54, 1.807) is 21.9 Å². The molecular weight excluding hydrogens is 451 g/mol. The van der Waals surface area contributed by atoms with Crippen molar-refractivity contribution in [3.63, 3.8) is 0 Å². The van der Waals surface area contributed by atoms with E-state index in [4.69, 9.17) is 10.5 Å². The lowest BCUT2D eigenvalue weighted by atomic mass is 9.98. The van der Waals surface area contributed by atoms with Gasteiger partial charge in [0.2, 0.25) is 11.8 Å². The van der Waals surface area contributed by atoms with E-state index in [0.717, 1.165) is 12.0 Å². The topological polar surface area (TPSA) is 96.2 Å². The highest BCUT2D eigenvalue weighted by molar-refractivity contribution is 5.90. The summed E-state index contributed by atoms with van der Waals surface area (Å²) >= 11 is 0. The zero-order valence-electron chi connectivity index (χ0n) is 19.6. The molecule has 0 aromatic heterocycles. The molecule has 2 aliphatic rings.